The third-order valence-corrected chi connectivity index (χ3v) is 6.27. The molecule has 3 amide bonds. The summed E-state index contributed by atoms with van der Waals surface area (Å²) in [6.07, 6.45) is 1.53. The van der Waals surface area contributed by atoms with Gasteiger partial charge >= 0.3 is 6.03 Å². The fourth-order valence-electron chi connectivity index (χ4n) is 3.22. The highest BCUT2D eigenvalue weighted by Crippen LogP contribution is 2.27. The van der Waals surface area contributed by atoms with Crippen molar-refractivity contribution in [3.8, 4) is 10.6 Å². The number of anilines is 2. The SMILES string of the molecule is CCc1ccccc1NC(=O)NC(C(=O)Nc1nnc(-c2ccc(C)cc2)s1)C(C)CC. The van der Waals surface area contributed by atoms with Crippen molar-refractivity contribution in [3.63, 3.8) is 0 Å². The van der Waals surface area contributed by atoms with Gasteiger partial charge in [-0.1, -0.05) is 86.6 Å². The van der Waals surface area contributed by atoms with Gasteiger partial charge in [0.15, 0.2) is 0 Å². The Kier molecular flexibility index (Phi) is 7.94. The van der Waals surface area contributed by atoms with Crippen LogP contribution < -0.4 is 16.0 Å². The molecular formula is C24H29N5O2S. The smallest absolute Gasteiger partial charge is 0.319 e. The number of hydrogen-bond donors (Lipinski definition) is 3. The molecular weight excluding hydrogens is 422 g/mol. The monoisotopic (exact) mass is 451 g/mol. The summed E-state index contributed by atoms with van der Waals surface area (Å²) in [6, 6.07) is 14.5. The van der Waals surface area contributed by atoms with Gasteiger partial charge in [0.2, 0.25) is 11.0 Å². The summed E-state index contributed by atoms with van der Waals surface area (Å²) in [5, 5.41) is 17.9. The molecule has 2 aromatic carbocycles. The van der Waals surface area contributed by atoms with E-state index in [-0.39, 0.29) is 11.8 Å². The lowest BCUT2D eigenvalue weighted by Gasteiger charge is -2.23. The number of benzene rings is 2. The van der Waals surface area contributed by atoms with Gasteiger partial charge in [-0.15, -0.1) is 10.2 Å². The summed E-state index contributed by atoms with van der Waals surface area (Å²) >= 11 is 1.30. The fourth-order valence-corrected chi connectivity index (χ4v) is 3.97. The van der Waals surface area contributed by atoms with E-state index in [1.54, 1.807) is 0 Å². The van der Waals surface area contributed by atoms with Gasteiger partial charge in [-0.25, -0.2) is 4.79 Å². The predicted molar refractivity (Wildman–Crippen MR) is 130 cm³/mol. The first-order valence-electron chi connectivity index (χ1n) is 10.8. The van der Waals surface area contributed by atoms with Crippen LogP contribution in [-0.4, -0.2) is 28.2 Å². The highest BCUT2D eigenvalue weighted by Gasteiger charge is 2.27. The van der Waals surface area contributed by atoms with Crippen molar-refractivity contribution < 1.29 is 9.59 Å². The van der Waals surface area contributed by atoms with E-state index >= 15 is 0 Å². The number of carbonyl (C=O) groups excluding carboxylic acids is 2. The average molecular weight is 452 g/mol. The van der Waals surface area contributed by atoms with Gasteiger partial charge in [0.1, 0.15) is 11.0 Å². The summed E-state index contributed by atoms with van der Waals surface area (Å²) in [6.45, 7) is 7.97. The number of nitrogens with zero attached hydrogens (tertiary/aromatic N) is 2. The number of rotatable bonds is 8. The van der Waals surface area contributed by atoms with Crippen molar-refractivity contribution in [2.75, 3.05) is 10.6 Å². The van der Waals surface area contributed by atoms with Crippen LogP contribution in [0.5, 0.6) is 0 Å². The Balaban J connectivity index is 1.68. The number of para-hydroxylation sites is 1. The second-order valence-electron chi connectivity index (χ2n) is 7.74. The molecule has 3 N–H and O–H groups in total. The van der Waals surface area contributed by atoms with Crippen molar-refractivity contribution >= 4 is 34.1 Å². The molecule has 3 rings (SSSR count). The molecule has 168 valence electrons. The molecule has 0 aliphatic heterocycles. The molecule has 8 heteroatoms. The van der Waals surface area contributed by atoms with Crippen LogP contribution in [0.4, 0.5) is 15.6 Å². The molecule has 0 saturated carbocycles. The lowest BCUT2D eigenvalue weighted by atomic mass is 9.98. The summed E-state index contributed by atoms with van der Waals surface area (Å²) in [4.78, 5) is 25.7. The Morgan fingerprint density at radius 3 is 2.41 bits per heavy atom. The van der Waals surface area contributed by atoms with Gasteiger partial charge in [0.05, 0.1) is 0 Å². The lowest BCUT2D eigenvalue weighted by Crippen LogP contribution is -2.49. The van der Waals surface area contributed by atoms with Gasteiger partial charge in [-0.3, -0.25) is 10.1 Å². The standard InChI is InChI=1S/C24H29N5O2S/c1-5-16(4)20(26-23(31)25-19-10-8-7-9-17(19)6-2)21(30)27-24-29-28-22(32-24)18-13-11-15(3)12-14-18/h7-14,16,20H,5-6H2,1-4H3,(H2,25,26,31)(H,27,29,30). The van der Waals surface area contributed by atoms with Crippen LogP contribution >= 0.6 is 11.3 Å². The van der Waals surface area contributed by atoms with Crippen molar-refractivity contribution in [2.45, 2.75) is 46.6 Å². The number of urea groups is 1. The van der Waals surface area contributed by atoms with Crippen LogP contribution in [0.15, 0.2) is 48.5 Å². The molecule has 32 heavy (non-hydrogen) atoms. The van der Waals surface area contributed by atoms with Crippen LogP contribution in [0.3, 0.4) is 0 Å². The van der Waals surface area contributed by atoms with E-state index in [1.165, 1.54) is 11.3 Å². The van der Waals surface area contributed by atoms with E-state index in [2.05, 4.69) is 26.1 Å². The average Bonchev–Trinajstić information content (AvgIpc) is 3.26. The number of nitrogens with one attached hydrogen (secondary N) is 3. The Hall–Kier alpha value is -3.26. The molecule has 0 spiro atoms. The molecule has 0 bridgehead atoms. The quantitative estimate of drug-likeness (QED) is 0.436. The lowest BCUT2D eigenvalue weighted by molar-refractivity contribution is -0.119. The van der Waals surface area contributed by atoms with Gasteiger partial charge in [0, 0.05) is 11.3 Å². The third kappa shape index (κ3) is 5.91. The summed E-state index contributed by atoms with van der Waals surface area (Å²) in [7, 11) is 0. The zero-order valence-electron chi connectivity index (χ0n) is 18.8. The number of amides is 3. The van der Waals surface area contributed by atoms with E-state index < -0.39 is 12.1 Å². The van der Waals surface area contributed by atoms with Crippen molar-refractivity contribution in [1.29, 1.82) is 0 Å². The minimum Gasteiger partial charge on any atom is -0.326 e. The van der Waals surface area contributed by atoms with Gasteiger partial charge in [-0.2, -0.15) is 0 Å². The third-order valence-electron chi connectivity index (χ3n) is 5.38. The van der Waals surface area contributed by atoms with E-state index in [0.29, 0.717) is 5.13 Å². The largest absolute Gasteiger partial charge is 0.326 e. The summed E-state index contributed by atoms with van der Waals surface area (Å²) < 4.78 is 0. The zero-order valence-corrected chi connectivity index (χ0v) is 19.6. The topological polar surface area (TPSA) is 96.0 Å². The van der Waals surface area contributed by atoms with Gasteiger partial charge in [-0.05, 0) is 30.9 Å². The normalized spacial score (nSPS) is 12.6. The van der Waals surface area contributed by atoms with Crippen molar-refractivity contribution in [1.82, 2.24) is 15.5 Å². The molecule has 2 unspecified atom stereocenters. The Morgan fingerprint density at radius 1 is 1.00 bits per heavy atom. The maximum absolute atomic E-state index is 13.0. The molecule has 3 aromatic rings. The minimum atomic E-state index is -0.708. The Bertz CT molecular complexity index is 1060. The highest BCUT2D eigenvalue weighted by molar-refractivity contribution is 7.18. The number of carbonyl (C=O) groups is 2. The first-order chi connectivity index (χ1) is 15.4. The molecule has 1 aromatic heterocycles. The Morgan fingerprint density at radius 2 is 1.72 bits per heavy atom. The summed E-state index contributed by atoms with van der Waals surface area (Å²) in [5.41, 5.74) is 3.88. The summed E-state index contributed by atoms with van der Waals surface area (Å²) in [5.74, 6) is -0.378. The van der Waals surface area contributed by atoms with Crippen molar-refractivity contribution in [2.24, 2.45) is 5.92 Å². The van der Waals surface area contributed by atoms with Crippen LogP contribution in [0, 0.1) is 12.8 Å². The molecule has 0 aliphatic rings. The molecule has 7 nitrogen and oxygen atoms in total. The first kappa shape index (κ1) is 23.4. The number of aromatic nitrogens is 2. The van der Waals surface area contributed by atoms with Crippen LogP contribution in [0.25, 0.3) is 10.6 Å². The van der Waals surface area contributed by atoms with E-state index in [1.807, 2.05) is 76.2 Å². The van der Waals surface area contributed by atoms with E-state index in [0.717, 1.165) is 40.2 Å². The zero-order chi connectivity index (χ0) is 23.1. The van der Waals surface area contributed by atoms with Crippen LogP contribution in [0.1, 0.15) is 38.3 Å². The molecule has 2 atom stereocenters. The first-order valence-corrected chi connectivity index (χ1v) is 11.6. The minimum absolute atomic E-state index is 0.0633. The molecule has 0 aliphatic carbocycles. The van der Waals surface area contributed by atoms with Crippen LogP contribution in [-0.2, 0) is 11.2 Å². The van der Waals surface area contributed by atoms with E-state index in [9.17, 15) is 9.59 Å². The number of hydrogen-bond acceptors (Lipinski definition) is 5. The second-order valence-corrected chi connectivity index (χ2v) is 8.72. The maximum Gasteiger partial charge on any atom is 0.319 e. The van der Waals surface area contributed by atoms with E-state index in [4.69, 9.17) is 0 Å². The van der Waals surface area contributed by atoms with Gasteiger partial charge in [0.25, 0.3) is 0 Å². The molecule has 0 radical (unpaired) electrons. The number of aryl methyl sites for hydroxylation is 2. The van der Waals surface area contributed by atoms with Gasteiger partial charge < -0.3 is 10.6 Å². The highest BCUT2D eigenvalue weighted by atomic mass is 32.1. The molecule has 0 saturated heterocycles. The fraction of sp³-hybridized carbons (Fsp3) is 0.333. The second kappa shape index (κ2) is 10.9. The molecule has 0 fully saturated rings. The maximum atomic E-state index is 13.0. The predicted octanol–water partition coefficient (Wildman–Crippen LogP) is 5.25. The Labute approximate surface area is 192 Å². The van der Waals surface area contributed by atoms with Crippen molar-refractivity contribution in [3.05, 3.63) is 59.7 Å². The molecule has 1 heterocycles. The van der Waals surface area contributed by atoms with Crippen LogP contribution in [0.2, 0.25) is 0 Å².